The van der Waals surface area contributed by atoms with E-state index in [4.69, 9.17) is 10.9 Å². The van der Waals surface area contributed by atoms with Gasteiger partial charge in [0.25, 0.3) is 0 Å². The summed E-state index contributed by atoms with van der Waals surface area (Å²) in [5.74, 6) is -1.78. The molecule has 1 fully saturated rings. The molecule has 2 rings (SSSR count). The summed E-state index contributed by atoms with van der Waals surface area (Å²) in [5.41, 5.74) is 6.82. The van der Waals surface area contributed by atoms with Crippen molar-refractivity contribution in [2.75, 3.05) is 0 Å². The number of hydroxylamine groups is 1. The van der Waals surface area contributed by atoms with Gasteiger partial charge in [0.1, 0.15) is 5.75 Å². The van der Waals surface area contributed by atoms with E-state index in [0.29, 0.717) is 24.3 Å². The molecule has 0 aliphatic heterocycles. The molecule has 170 valence electrons. The second-order valence-corrected chi connectivity index (χ2v) is 8.18. The van der Waals surface area contributed by atoms with E-state index in [1.54, 1.807) is 5.48 Å². The largest absolute Gasteiger partial charge is 0.573 e. The van der Waals surface area contributed by atoms with E-state index >= 15 is 0 Å². The van der Waals surface area contributed by atoms with E-state index in [2.05, 4.69) is 11.7 Å². The minimum Gasteiger partial charge on any atom is -0.406 e. The molecule has 1 aliphatic rings. The van der Waals surface area contributed by atoms with Gasteiger partial charge in [-0.05, 0) is 62.1 Å². The summed E-state index contributed by atoms with van der Waals surface area (Å²) in [6, 6.07) is 4.27. The number of aliphatic hydroxyl groups excluding tert-OH is 1. The Morgan fingerprint density at radius 1 is 1.30 bits per heavy atom. The molecule has 0 aromatic heterocycles. The van der Waals surface area contributed by atoms with Crippen LogP contribution in [0, 0.1) is 11.8 Å². The molecule has 30 heavy (non-hydrogen) atoms. The fourth-order valence-corrected chi connectivity index (χ4v) is 3.91. The Kier molecular flexibility index (Phi) is 8.09. The molecule has 0 radical (unpaired) electrons. The molecule has 0 spiro atoms. The maximum absolute atomic E-state index is 12.2. The lowest BCUT2D eigenvalue weighted by Crippen LogP contribution is -2.51. The van der Waals surface area contributed by atoms with E-state index in [1.807, 2.05) is 0 Å². The Labute approximate surface area is 173 Å². The Morgan fingerprint density at radius 3 is 2.37 bits per heavy atom. The lowest BCUT2D eigenvalue weighted by molar-refractivity contribution is -0.274. The SMILES string of the molecule is CC1CCC(O)(C(CC(O)C(N)Cc2ccc(OC(F)(F)F)cc2)C(=O)NO)CC1. The van der Waals surface area contributed by atoms with Crippen molar-refractivity contribution in [1.82, 2.24) is 5.48 Å². The third kappa shape index (κ3) is 6.83. The van der Waals surface area contributed by atoms with Crippen LogP contribution in [0.5, 0.6) is 5.75 Å². The van der Waals surface area contributed by atoms with Crippen LogP contribution in [0.25, 0.3) is 0 Å². The van der Waals surface area contributed by atoms with Crippen molar-refractivity contribution in [3.8, 4) is 5.75 Å². The van der Waals surface area contributed by atoms with Crippen molar-refractivity contribution in [3.63, 3.8) is 0 Å². The summed E-state index contributed by atoms with van der Waals surface area (Å²) < 4.78 is 40.5. The summed E-state index contributed by atoms with van der Waals surface area (Å²) in [7, 11) is 0. The van der Waals surface area contributed by atoms with E-state index in [0.717, 1.165) is 25.0 Å². The second kappa shape index (κ2) is 9.95. The van der Waals surface area contributed by atoms with Crippen LogP contribution >= 0.6 is 0 Å². The molecule has 7 nitrogen and oxygen atoms in total. The van der Waals surface area contributed by atoms with Gasteiger partial charge in [0.15, 0.2) is 0 Å². The Hall–Kier alpha value is -1.88. The van der Waals surface area contributed by atoms with Crippen LogP contribution in [0.2, 0.25) is 0 Å². The van der Waals surface area contributed by atoms with Gasteiger partial charge in [0, 0.05) is 6.04 Å². The number of halogens is 3. The zero-order valence-corrected chi connectivity index (χ0v) is 16.7. The van der Waals surface area contributed by atoms with E-state index in [-0.39, 0.29) is 18.6 Å². The topological polar surface area (TPSA) is 125 Å². The molecule has 1 aromatic rings. The van der Waals surface area contributed by atoms with Gasteiger partial charge >= 0.3 is 6.36 Å². The molecular formula is C20H29F3N2O5. The minimum atomic E-state index is -4.78. The first-order valence-electron chi connectivity index (χ1n) is 9.88. The average molecular weight is 434 g/mol. The van der Waals surface area contributed by atoms with Crippen LogP contribution in [-0.2, 0) is 11.2 Å². The van der Waals surface area contributed by atoms with Crippen LogP contribution in [-0.4, -0.2) is 45.4 Å². The van der Waals surface area contributed by atoms with Crippen molar-refractivity contribution < 1.29 is 38.1 Å². The van der Waals surface area contributed by atoms with Gasteiger partial charge in [-0.25, -0.2) is 5.48 Å². The number of amides is 1. The van der Waals surface area contributed by atoms with Gasteiger partial charge < -0.3 is 20.7 Å². The first-order valence-corrected chi connectivity index (χ1v) is 9.88. The van der Waals surface area contributed by atoms with Crippen LogP contribution in [0.15, 0.2) is 24.3 Å². The molecule has 0 heterocycles. The third-order valence-corrected chi connectivity index (χ3v) is 5.82. The monoisotopic (exact) mass is 434 g/mol. The molecule has 1 saturated carbocycles. The van der Waals surface area contributed by atoms with Crippen LogP contribution in [0.4, 0.5) is 13.2 Å². The highest BCUT2D eigenvalue weighted by molar-refractivity contribution is 5.78. The van der Waals surface area contributed by atoms with Gasteiger partial charge in [0.2, 0.25) is 5.91 Å². The maximum atomic E-state index is 12.2. The highest BCUT2D eigenvalue weighted by Gasteiger charge is 2.44. The van der Waals surface area contributed by atoms with E-state index in [9.17, 15) is 28.2 Å². The summed E-state index contributed by atoms with van der Waals surface area (Å²) >= 11 is 0. The fraction of sp³-hybridized carbons (Fsp3) is 0.650. The third-order valence-electron chi connectivity index (χ3n) is 5.82. The van der Waals surface area contributed by atoms with E-state index in [1.165, 1.54) is 12.1 Å². The van der Waals surface area contributed by atoms with Crippen LogP contribution in [0.3, 0.4) is 0 Å². The summed E-state index contributed by atoms with van der Waals surface area (Å²) in [4.78, 5) is 12.2. The lowest BCUT2D eigenvalue weighted by Gasteiger charge is -2.41. The number of hydrogen-bond acceptors (Lipinski definition) is 6. The first-order chi connectivity index (χ1) is 13.9. The Morgan fingerprint density at radius 2 is 1.87 bits per heavy atom. The Bertz CT molecular complexity index is 691. The lowest BCUT2D eigenvalue weighted by atomic mass is 9.70. The zero-order chi connectivity index (χ0) is 22.5. The number of nitrogens with one attached hydrogen (secondary N) is 1. The van der Waals surface area contributed by atoms with Gasteiger partial charge in [-0.1, -0.05) is 19.1 Å². The van der Waals surface area contributed by atoms with Crippen molar-refractivity contribution in [3.05, 3.63) is 29.8 Å². The normalized spacial score (nSPS) is 25.3. The number of ether oxygens (including phenoxy) is 1. The quantitative estimate of drug-likeness (QED) is 0.316. The number of nitrogens with two attached hydrogens (primary N) is 1. The number of aliphatic hydroxyl groups is 2. The van der Waals surface area contributed by atoms with Crippen molar-refractivity contribution in [2.24, 2.45) is 17.6 Å². The van der Waals surface area contributed by atoms with Crippen LogP contribution in [0.1, 0.15) is 44.6 Å². The number of benzene rings is 1. The molecule has 6 N–H and O–H groups in total. The van der Waals surface area contributed by atoms with Gasteiger partial charge in [-0.2, -0.15) is 0 Å². The number of hydrogen-bond donors (Lipinski definition) is 5. The predicted molar refractivity (Wildman–Crippen MR) is 101 cm³/mol. The summed E-state index contributed by atoms with van der Waals surface area (Å²) in [5, 5.41) is 30.6. The van der Waals surface area contributed by atoms with Crippen molar-refractivity contribution in [1.29, 1.82) is 0 Å². The first kappa shape index (κ1) is 24.4. The van der Waals surface area contributed by atoms with Crippen molar-refractivity contribution >= 4 is 5.91 Å². The van der Waals surface area contributed by atoms with Crippen molar-refractivity contribution in [2.45, 2.75) is 69.6 Å². The molecule has 0 bridgehead atoms. The molecular weight excluding hydrogens is 405 g/mol. The number of rotatable bonds is 8. The van der Waals surface area contributed by atoms with Gasteiger partial charge in [0.05, 0.1) is 17.6 Å². The smallest absolute Gasteiger partial charge is 0.406 e. The zero-order valence-electron chi connectivity index (χ0n) is 16.7. The predicted octanol–water partition coefficient (Wildman–Crippen LogP) is 2.27. The average Bonchev–Trinajstić information content (AvgIpc) is 2.68. The summed E-state index contributed by atoms with van der Waals surface area (Å²) in [6.07, 6.45) is -3.80. The minimum absolute atomic E-state index is 0.135. The highest BCUT2D eigenvalue weighted by atomic mass is 19.4. The van der Waals surface area contributed by atoms with E-state index < -0.39 is 35.9 Å². The Balaban J connectivity index is 2.01. The summed E-state index contributed by atoms with van der Waals surface area (Å²) in [6.45, 7) is 2.05. The maximum Gasteiger partial charge on any atom is 0.573 e. The standard InChI is InChI=1S/C20H29F3N2O5/c1-12-6-8-19(28,9-7-12)15(18(27)25-29)11-17(26)16(24)10-13-2-4-14(5-3-13)30-20(21,22)23/h2-5,12,15-17,26,28-29H,6-11,24H2,1H3,(H,25,27). The highest BCUT2D eigenvalue weighted by Crippen LogP contribution is 2.39. The molecule has 0 saturated heterocycles. The molecule has 1 aromatic carbocycles. The second-order valence-electron chi connectivity index (χ2n) is 8.18. The molecule has 3 atom stereocenters. The van der Waals surface area contributed by atoms with Gasteiger partial charge in [-0.15, -0.1) is 13.2 Å². The fourth-order valence-electron chi connectivity index (χ4n) is 3.91. The number of carbonyl (C=O) groups excluding carboxylic acids is 1. The molecule has 10 heteroatoms. The molecule has 1 amide bonds. The van der Waals surface area contributed by atoms with Crippen LogP contribution < -0.4 is 16.0 Å². The molecule has 1 aliphatic carbocycles. The molecule has 3 unspecified atom stereocenters. The van der Waals surface area contributed by atoms with Gasteiger partial charge in [-0.3, -0.25) is 10.0 Å². The number of carbonyl (C=O) groups is 1. The number of alkyl halides is 3.